The molecule has 1 amide bonds. The molecule has 0 aromatic rings. The van der Waals surface area contributed by atoms with E-state index >= 15 is 0 Å². The van der Waals surface area contributed by atoms with E-state index in [0.29, 0.717) is 13.0 Å². The zero-order chi connectivity index (χ0) is 13.6. The van der Waals surface area contributed by atoms with E-state index in [0.717, 1.165) is 6.42 Å². The van der Waals surface area contributed by atoms with Crippen LogP contribution in [0.4, 0.5) is 0 Å². The molecule has 0 fully saturated rings. The van der Waals surface area contributed by atoms with E-state index in [1.807, 2.05) is 34.6 Å². The molecule has 0 aromatic heterocycles. The van der Waals surface area contributed by atoms with Crippen LogP contribution < -0.4 is 5.32 Å². The van der Waals surface area contributed by atoms with Gasteiger partial charge in [-0.1, -0.05) is 34.6 Å². The van der Waals surface area contributed by atoms with E-state index in [1.54, 1.807) is 6.92 Å². The van der Waals surface area contributed by atoms with Crippen molar-refractivity contribution in [2.75, 3.05) is 6.54 Å². The number of rotatable bonds is 7. The smallest absolute Gasteiger partial charge is 0.220 e. The molecule has 0 aliphatic heterocycles. The molecule has 0 unspecified atom stereocenters. The Labute approximate surface area is 105 Å². The van der Waals surface area contributed by atoms with E-state index in [2.05, 4.69) is 5.32 Å². The Bertz CT molecular complexity index is 261. The summed E-state index contributed by atoms with van der Waals surface area (Å²) in [5, 5.41) is 2.91. The Hall–Kier alpha value is -0.860. The molecule has 0 bridgehead atoms. The van der Waals surface area contributed by atoms with Crippen LogP contribution in [0, 0.1) is 17.3 Å². The van der Waals surface area contributed by atoms with Crippen molar-refractivity contribution in [1.82, 2.24) is 5.32 Å². The predicted molar refractivity (Wildman–Crippen MR) is 70.7 cm³/mol. The van der Waals surface area contributed by atoms with Gasteiger partial charge in [-0.2, -0.15) is 0 Å². The summed E-state index contributed by atoms with van der Waals surface area (Å²) in [6.45, 7) is 12.3. The zero-order valence-corrected chi connectivity index (χ0v) is 12.1. The highest BCUT2D eigenvalue weighted by molar-refractivity contribution is 5.84. The third kappa shape index (κ3) is 3.83. The topological polar surface area (TPSA) is 46.2 Å². The van der Waals surface area contributed by atoms with E-state index in [1.165, 1.54) is 0 Å². The van der Waals surface area contributed by atoms with Crippen molar-refractivity contribution >= 4 is 11.7 Å². The highest BCUT2D eigenvalue weighted by Gasteiger charge is 2.41. The van der Waals surface area contributed by atoms with Crippen LogP contribution in [0.3, 0.4) is 0 Å². The second kappa shape index (κ2) is 6.77. The Kier molecular flexibility index (Phi) is 6.43. The summed E-state index contributed by atoms with van der Waals surface area (Å²) in [5.41, 5.74) is -0.441. The van der Waals surface area contributed by atoms with Crippen molar-refractivity contribution in [3.8, 4) is 0 Å². The third-order valence-corrected chi connectivity index (χ3v) is 3.77. The highest BCUT2D eigenvalue weighted by Crippen LogP contribution is 2.36. The number of hydrogen-bond acceptors (Lipinski definition) is 2. The number of Topliss-reactive ketones (excluding diaryl/α,β-unsaturated/α-hetero) is 1. The SMILES string of the molecule is CCCC(=O)NCC(C(C)=O)(C(C)C)C(C)C. The normalized spacial score (nSPS) is 12.0. The summed E-state index contributed by atoms with van der Waals surface area (Å²) in [4.78, 5) is 23.5. The van der Waals surface area contributed by atoms with Crippen molar-refractivity contribution in [3.05, 3.63) is 0 Å². The molecule has 0 aromatic carbocycles. The van der Waals surface area contributed by atoms with Gasteiger partial charge in [-0.3, -0.25) is 9.59 Å². The second-order valence-corrected chi connectivity index (χ2v) is 5.43. The standard InChI is InChI=1S/C14H27NO2/c1-7-8-13(17)15-9-14(10(2)3,11(4)5)12(6)16/h10-11H,7-9H2,1-6H3,(H,15,17). The maximum absolute atomic E-state index is 12.0. The Morgan fingerprint density at radius 2 is 1.59 bits per heavy atom. The number of carbonyl (C=O) groups excluding carboxylic acids is 2. The fourth-order valence-corrected chi connectivity index (χ4v) is 2.57. The molecule has 17 heavy (non-hydrogen) atoms. The molecule has 0 heterocycles. The van der Waals surface area contributed by atoms with Gasteiger partial charge in [0.05, 0.1) is 5.41 Å². The summed E-state index contributed by atoms with van der Waals surface area (Å²) in [6.07, 6.45) is 1.37. The van der Waals surface area contributed by atoms with E-state index in [4.69, 9.17) is 0 Å². The van der Waals surface area contributed by atoms with Crippen LogP contribution in [0.25, 0.3) is 0 Å². The minimum Gasteiger partial charge on any atom is -0.355 e. The number of carbonyl (C=O) groups is 2. The van der Waals surface area contributed by atoms with Crippen LogP contribution in [0.1, 0.15) is 54.4 Å². The summed E-state index contributed by atoms with van der Waals surface area (Å²) in [6, 6.07) is 0. The third-order valence-electron chi connectivity index (χ3n) is 3.77. The molecule has 0 atom stereocenters. The van der Waals surface area contributed by atoms with Crippen LogP contribution in [-0.4, -0.2) is 18.2 Å². The number of ketones is 1. The van der Waals surface area contributed by atoms with Crippen LogP contribution in [0.2, 0.25) is 0 Å². The maximum atomic E-state index is 12.0. The largest absolute Gasteiger partial charge is 0.355 e. The summed E-state index contributed by atoms with van der Waals surface area (Å²) in [5.74, 6) is 0.655. The van der Waals surface area contributed by atoms with Gasteiger partial charge in [0.25, 0.3) is 0 Å². The van der Waals surface area contributed by atoms with E-state index in [-0.39, 0.29) is 23.5 Å². The Morgan fingerprint density at radius 1 is 1.12 bits per heavy atom. The van der Waals surface area contributed by atoms with Crippen LogP contribution >= 0.6 is 0 Å². The lowest BCUT2D eigenvalue weighted by Gasteiger charge is -2.39. The van der Waals surface area contributed by atoms with Gasteiger partial charge in [-0.25, -0.2) is 0 Å². The quantitative estimate of drug-likeness (QED) is 0.745. The molecule has 0 saturated carbocycles. The van der Waals surface area contributed by atoms with Crippen LogP contribution in [-0.2, 0) is 9.59 Å². The molecule has 0 saturated heterocycles. The van der Waals surface area contributed by atoms with Gasteiger partial charge in [-0.05, 0) is 25.2 Å². The maximum Gasteiger partial charge on any atom is 0.220 e. The molecule has 0 aliphatic carbocycles. The Morgan fingerprint density at radius 3 is 1.88 bits per heavy atom. The first kappa shape index (κ1) is 16.1. The molecular weight excluding hydrogens is 214 g/mol. The summed E-state index contributed by atoms with van der Waals surface area (Å²) in [7, 11) is 0. The first-order chi connectivity index (χ1) is 7.78. The lowest BCUT2D eigenvalue weighted by atomic mass is 9.66. The minimum absolute atomic E-state index is 0.0411. The van der Waals surface area contributed by atoms with E-state index in [9.17, 15) is 9.59 Å². The molecular formula is C14H27NO2. The van der Waals surface area contributed by atoms with Crippen LogP contribution in [0.15, 0.2) is 0 Å². The van der Waals surface area contributed by atoms with Crippen molar-refractivity contribution in [1.29, 1.82) is 0 Å². The van der Waals surface area contributed by atoms with Gasteiger partial charge in [-0.15, -0.1) is 0 Å². The molecule has 1 N–H and O–H groups in total. The van der Waals surface area contributed by atoms with Gasteiger partial charge in [0.2, 0.25) is 5.91 Å². The number of nitrogens with one attached hydrogen (secondary N) is 1. The Balaban J connectivity index is 4.82. The molecule has 0 spiro atoms. The fraction of sp³-hybridized carbons (Fsp3) is 0.857. The van der Waals surface area contributed by atoms with Gasteiger partial charge in [0.15, 0.2) is 0 Å². The lowest BCUT2D eigenvalue weighted by molar-refractivity contribution is -0.133. The number of hydrogen-bond donors (Lipinski definition) is 1. The number of amides is 1. The molecule has 0 radical (unpaired) electrons. The van der Waals surface area contributed by atoms with E-state index < -0.39 is 5.41 Å². The highest BCUT2D eigenvalue weighted by atomic mass is 16.1. The van der Waals surface area contributed by atoms with Crippen molar-refractivity contribution in [3.63, 3.8) is 0 Å². The lowest BCUT2D eigenvalue weighted by Crippen LogP contribution is -2.49. The first-order valence-corrected chi connectivity index (χ1v) is 6.56. The van der Waals surface area contributed by atoms with Crippen LogP contribution in [0.5, 0.6) is 0 Å². The predicted octanol–water partition coefficient (Wildman–Crippen LogP) is 2.79. The molecule has 0 rings (SSSR count). The molecule has 3 nitrogen and oxygen atoms in total. The molecule has 3 heteroatoms. The molecule has 100 valence electrons. The van der Waals surface area contributed by atoms with Gasteiger partial charge < -0.3 is 5.32 Å². The minimum atomic E-state index is -0.441. The average molecular weight is 241 g/mol. The van der Waals surface area contributed by atoms with Crippen molar-refractivity contribution < 1.29 is 9.59 Å². The van der Waals surface area contributed by atoms with Gasteiger partial charge in [0, 0.05) is 13.0 Å². The van der Waals surface area contributed by atoms with Gasteiger partial charge in [0.1, 0.15) is 5.78 Å². The average Bonchev–Trinajstić information content (AvgIpc) is 2.17. The second-order valence-electron chi connectivity index (χ2n) is 5.43. The van der Waals surface area contributed by atoms with Gasteiger partial charge >= 0.3 is 0 Å². The van der Waals surface area contributed by atoms with Crippen molar-refractivity contribution in [2.24, 2.45) is 17.3 Å². The monoisotopic (exact) mass is 241 g/mol. The summed E-state index contributed by atoms with van der Waals surface area (Å²) < 4.78 is 0. The first-order valence-electron chi connectivity index (χ1n) is 6.56. The molecule has 0 aliphatic rings. The fourth-order valence-electron chi connectivity index (χ4n) is 2.57. The summed E-state index contributed by atoms with van der Waals surface area (Å²) >= 11 is 0. The van der Waals surface area contributed by atoms with Crippen molar-refractivity contribution in [2.45, 2.75) is 54.4 Å². The zero-order valence-electron chi connectivity index (χ0n) is 12.1.